The molecule has 0 fully saturated rings. The summed E-state index contributed by atoms with van der Waals surface area (Å²) < 4.78 is 0. The fourth-order valence-corrected chi connectivity index (χ4v) is 3.09. The number of rotatable bonds is 7. The monoisotopic (exact) mass is 340 g/mol. The molecule has 3 aromatic rings. The Morgan fingerprint density at radius 1 is 1.00 bits per heavy atom. The summed E-state index contributed by atoms with van der Waals surface area (Å²) in [6.45, 7) is 1.84. The molecule has 2 aromatic heterocycles. The fraction of sp³-hybridized carbons (Fsp3) is 0.294. The second-order valence-corrected chi connectivity index (χ2v) is 6.67. The van der Waals surface area contributed by atoms with E-state index in [1.54, 1.807) is 24.2 Å². The van der Waals surface area contributed by atoms with Gasteiger partial charge in [0.15, 0.2) is 10.8 Å². The van der Waals surface area contributed by atoms with Crippen LogP contribution in [0, 0.1) is 0 Å². The Hall–Kier alpha value is -2.25. The molecule has 24 heavy (non-hydrogen) atoms. The number of nitrogens with zero attached hydrogens (tertiary/aromatic N) is 5. The van der Waals surface area contributed by atoms with Crippen LogP contribution in [-0.2, 0) is 0 Å². The van der Waals surface area contributed by atoms with Crippen molar-refractivity contribution in [1.82, 2.24) is 25.1 Å². The summed E-state index contributed by atoms with van der Waals surface area (Å²) in [5, 5.41) is 12.8. The maximum atomic E-state index is 4.46. The molecule has 1 aromatic carbocycles. The lowest BCUT2D eigenvalue weighted by Gasteiger charge is -2.11. The van der Waals surface area contributed by atoms with E-state index >= 15 is 0 Å². The summed E-state index contributed by atoms with van der Waals surface area (Å²) in [4.78, 5) is 12.2. The second kappa shape index (κ2) is 8.03. The lowest BCUT2D eigenvalue weighted by atomic mass is 10.3. The third-order valence-electron chi connectivity index (χ3n) is 3.40. The van der Waals surface area contributed by atoms with Crippen LogP contribution in [-0.4, -0.2) is 52.3 Å². The van der Waals surface area contributed by atoms with Crippen molar-refractivity contribution in [2.24, 2.45) is 0 Å². The molecule has 0 unspecified atom stereocenters. The highest BCUT2D eigenvalue weighted by Gasteiger charge is 2.12. The average Bonchev–Trinajstić information content (AvgIpc) is 2.61. The highest BCUT2D eigenvalue weighted by molar-refractivity contribution is 7.99. The molecule has 0 radical (unpaired) electrons. The van der Waals surface area contributed by atoms with Gasteiger partial charge in [-0.2, -0.15) is 0 Å². The van der Waals surface area contributed by atoms with E-state index in [9.17, 15) is 0 Å². The molecular weight excluding hydrogens is 320 g/mol. The number of nitrogens with one attached hydrogen (secondary N) is 1. The lowest BCUT2D eigenvalue weighted by molar-refractivity contribution is 0.405. The first-order chi connectivity index (χ1) is 11.7. The summed E-state index contributed by atoms with van der Waals surface area (Å²) >= 11 is 1.55. The van der Waals surface area contributed by atoms with Crippen LogP contribution in [0.25, 0.3) is 11.0 Å². The zero-order chi connectivity index (χ0) is 16.8. The van der Waals surface area contributed by atoms with Gasteiger partial charge < -0.3 is 10.2 Å². The molecule has 0 bridgehead atoms. The van der Waals surface area contributed by atoms with Crippen LogP contribution in [0.5, 0.6) is 0 Å². The summed E-state index contributed by atoms with van der Waals surface area (Å²) in [5.74, 6) is 0.689. The smallest absolute Gasteiger partial charge is 0.176 e. The summed E-state index contributed by atoms with van der Waals surface area (Å²) in [6.07, 6.45) is 4.40. The van der Waals surface area contributed by atoms with Crippen molar-refractivity contribution >= 4 is 28.6 Å². The Labute approximate surface area is 145 Å². The molecule has 6 nitrogen and oxygen atoms in total. The molecule has 1 N–H and O–H groups in total. The largest absolute Gasteiger partial charge is 0.367 e. The molecule has 0 amide bonds. The van der Waals surface area contributed by atoms with Crippen LogP contribution < -0.4 is 5.32 Å². The van der Waals surface area contributed by atoms with Crippen molar-refractivity contribution in [3.05, 3.63) is 42.7 Å². The topological polar surface area (TPSA) is 66.8 Å². The third kappa shape index (κ3) is 4.18. The van der Waals surface area contributed by atoms with Crippen LogP contribution in [0.2, 0.25) is 0 Å². The number of fused-ring (bicyclic) bond motifs is 1. The molecule has 0 saturated carbocycles. The van der Waals surface area contributed by atoms with Crippen LogP contribution >= 0.6 is 11.8 Å². The maximum absolute atomic E-state index is 4.46. The zero-order valence-electron chi connectivity index (χ0n) is 13.8. The Kier molecular flexibility index (Phi) is 5.55. The third-order valence-corrected chi connectivity index (χ3v) is 4.37. The minimum Gasteiger partial charge on any atom is -0.367 e. The standard InChI is InChI=1S/C17H20N6S/c1-23(2)12-6-9-20-16-14-15(19-11-10-18-14)17(22-21-16)24-13-7-4-3-5-8-13/h3-5,7-8,10-11H,6,9,12H2,1-2H3,(H,20,21). The van der Waals surface area contributed by atoms with E-state index in [-0.39, 0.29) is 0 Å². The summed E-state index contributed by atoms with van der Waals surface area (Å²) in [6, 6.07) is 10.1. The predicted molar refractivity (Wildman–Crippen MR) is 97.4 cm³/mol. The molecule has 0 aliphatic heterocycles. The number of anilines is 1. The van der Waals surface area contributed by atoms with Crippen LogP contribution in [0.1, 0.15) is 6.42 Å². The van der Waals surface area contributed by atoms with Gasteiger partial charge in [-0.25, -0.2) is 9.97 Å². The molecule has 124 valence electrons. The Morgan fingerprint density at radius 2 is 1.75 bits per heavy atom. The van der Waals surface area contributed by atoms with Gasteiger partial charge in [0, 0.05) is 23.8 Å². The van der Waals surface area contributed by atoms with Gasteiger partial charge in [-0.05, 0) is 39.2 Å². The molecule has 0 aliphatic rings. The van der Waals surface area contributed by atoms with Crippen molar-refractivity contribution in [2.75, 3.05) is 32.5 Å². The summed E-state index contributed by atoms with van der Waals surface area (Å²) in [5.41, 5.74) is 1.53. The van der Waals surface area contributed by atoms with Crippen LogP contribution in [0.3, 0.4) is 0 Å². The summed E-state index contributed by atoms with van der Waals surface area (Å²) in [7, 11) is 4.13. The lowest BCUT2D eigenvalue weighted by Crippen LogP contribution is -2.17. The number of hydrogen-bond donors (Lipinski definition) is 1. The highest BCUT2D eigenvalue weighted by atomic mass is 32.2. The SMILES string of the molecule is CN(C)CCCNc1nnc(Sc2ccccc2)c2nccnc12. The van der Waals surface area contributed by atoms with E-state index < -0.39 is 0 Å². The molecular formula is C17H20N6S. The van der Waals surface area contributed by atoms with Crippen LogP contribution in [0.4, 0.5) is 5.82 Å². The van der Waals surface area contributed by atoms with E-state index in [2.05, 4.69) is 44.5 Å². The van der Waals surface area contributed by atoms with Gasteiger partial charge in [-0.1, -0.05) is 30.0 Å². The Morgan fingerprint density at radius 3 is 2.50 bits per heavy atom. The van der Waals surface area contributed by atoms with Gasteiger partial charge in [-0.15, -0.1) is 10.2 Å². The van der Waals surface area contributed by atoms with E-state index in [0.29, 0.717) is 5.82 Å². The van der Waals surface area contributed by atoms with Gasteiger partial charge in [0.05, 0.1) is 0 Å². The molecule has 3 rings (SSSR count). The van der Waals surface area contributed by atoms with Crippen molar-refractivity contribution in [3.8, 4) is 0 Å². The molecule has 0 spiro atoms. The van der Waals surface area contributed by atoms with E-state index in [1.165, 1.54) is 0 Å². The molecule has 2 heterocycles. The predicted octanol–water partition coefficient (Wildman–Crippen LogP) is 2.93. The van der Waals surface area contributed by atoms with Gasteiger partial charge in [0.1, 0.15) is 11.0 Å². The number of aromatic nitrogens is 4. The molecule has 0 aliphatic carbocycles. The van der Waals surface area contributed by atoms with Gasteiger partial charge >= 0.3 is 0 Å². The van der Waals surface area contributed by atoms with Gasteiger partial charge in [0.25, 0.3) is 0 Å². The maximum Gasteiger partial charge on any atom is 0.176 e. The Balaban J connectivity index is 1.82. The highest BCUT2D eigenvalue weighted by Crippen LogP contribution is 2.31. The number of hydrogen-bond acceptors (Lipinski definition) is 7. The van der Waals surface area contributed by atoms with E-state index in [0.717, 1.165) is 40.5 Å². The zero-order valence-corrected chi connectivity index (χ0v) is 14.6. The first-order valence-electron chi connectivity index (χ1n) is 7.83. The normalized spacial score (nSPS) is 11.1. The van der Waals surface area contributed by atoms with Crippen molar-refractivity contribution in [2.45, 2.75) is 16.3 Å². The van der Waals surface area contributed by atoms with Crippen molar-refractivity contribution < 1.29 is 0 Å². The van der Waals surface area contributed by atoms with E-state index in [4.69, 9.17) is 0 Å². The molecule has 7 heteroatoms. The molecule has 0 atom stereocenters. The molecule has 0 saturated heterocycles. The fourth-order valence-electron chi connectivity index (χ4n) is 2.25. The quantitative estimate of drug-likeness (QED) is 0.663. The van der Waals surface area contributed by atoms with Gasteiger partial charge in [-0.3, -0.25) is 0 Å². The van der Waals surface area contributed by atoms with Crippen LogP contribution in [0.15, 0.2) is 52.6 Å². The Bertz CT molecular complexity index is 793. The van der Waals surface area contributed by atoms with E-state index in [1.807, 2.05) is 30.3 Å². The second-order valence-electron chi connectivity index (χ2n) is 5.61. The first kappa shape index (κ1) is 16.6. The van der Waals surface area contributed by atoms with Gasteiger partial charge in [0.2, 0.25) is 0 Å². The average molecular weight is 340 g/mol. The first-order valence-corrected chi connectivity index (χ1v) is 8.64. The number of benzene rings is 1. The minimum atomic E-state index is 0.689. The van der Waals surface area contributed by atoms with Crippen molar-refractivity contribution in [1.29, 1.82) is 0 Å². The minimum absolute atomic E-state index is 0.689. The van der Waals surface area contributed by atoms with Crippen molar-refractivity contribution in [3.63, 3.8) is 0 Å².